The number of aromatic nitrogens is 1. The highest BCUT2D eigenvalue weighted by Gasteiger charge is 2.30. The first-order valence-corrected chi connectivity index (χ1v) is 16.6. The smallest absolute Gasteiger partial charge is 0.163 e. The Morgan fingerprint density at radius 1 is 0.744 bits per heavy atom. The largest absolute Gasteiger partial charge is 0.373 e. The van der Waals surface area contributed by atoms with Gasteiger partial charge in [-0.3, -0.25) is 9.59 Å². The van der Waals surface area contributed by atoms with Crippen molar-refractivity contribution in [2.24, 2.45) is 0 Å². The fraction of sp³-hybridized carbons (Fsp3) is 0.611. The average Bonchev–Trinajstić information content (AvgIpc) is 3.33. The van der Waals surface area contributed by atoms with E-state index in [4.69, 9.17) is 9.47 Å². The van der Waals surface area contributed by atoms with E-state index in [2.05, 4.69) is 60.2 Å². The Kier molecular flexibility index (Phi) is 10.7. The van der Waals surface area contributed by atoms with Crippen molar-refractivity contribution in [2.45, 2.75) is 103 Å². The molecule has 2 aliphatic heterocycles. The Bertz CT molecular complexity index is 1300. The summed E-state index contributed by atoms with van der Waals surface area (Å²) in [5.74, 6) is 0.270. The minimum absolute atomic E-state index is 0.135. The van der Waals surface area contributed by atoms with Gasteiger partial charge in [0.1, 0.15) is 0 Å². The number of nitrogens with one attached hydrogen (secondary N) is 2. The van der Waals surface area contributed by atoms with Crippen molar-refractivity contribution in [1.82, 2.24) is 15.2 Å². The van der Waals surface area contributed by atoms with Crippen LogP contribution in [-0.4, -0.2) is 66.7 Å². The average molecular weight is 590 g/mol. The first-order valence-electron chi connectivity index (χ1n) is 16.6. The van der Waals surface area contributed by atoms with E-state index < -0.39 is 0 Å². The predicted octanol–water partition coefficient (Wildman–Crippen LogP) is 6.84. The second kappa shape index (κ2) is 14.5. The molecule has 234 valence electrons. The van der Waals surface area contributed by atoms with E-state index in [1.165, 1.54) is 32.1 Å². The summed E-state index contributed by atoms with van der Waals surface area (Å²) in [6, 6.07) is 12.3. The summed E-state index contributed by atoms with van der Waals surface area (Å²) in [7, 11) is 0. The number of carbonyl (C=O) groups is 2. The number of rotatable bonds is 15. The Morgan fingerprint density at radius 3 is 1.70 bits per heavy atom. The van der Waals surface area contributed by atoms with Gasteiger partial charge in [0.05, 0.1) is 24.4 Å². The lowest BCUT2D eigenvalue weighted by Crippen LogP contribution is -2.47. The van der Waals surface area contributed by atoms with E-state index in [1.807, 2.05) is 12.1 Å². The summed E-state index contributed by atoms with van der Waals surface area (Å²) in [6.07, 6.45) is 9.69. The zero-order chi connectivity index (χ0) is 30.3. The van der Waals surface area contributed by atoms with Gasteiger partial charge in [-0.1, -0.05) is 39.0 Å². The first-order chi connectivity index (χ1) is 20.8. The predicted molar refractivity (Wildman–Crippen MR) is 174 cm³/mol. The van der Waals surface area contributed by atoms with Crippen LogP contribution in [-0.2, 0) is 16.0 Å². The highest BCUT2D eigenvalue weighted by atomic mass is 16.5. The zero-order valence-corrected chi connectivity index (χ0v) is 26.6. The summed E-state index contributed by atoms with van der Waals surface area (Å²) in [5.41, 5.74) is 3.10. The number of Topliss-reactive ketones (excluding diaryl/α,β-unsaturated/α-hetero) is 2. The summed E-state index contributed by atoms with van der Waals surface area (Å²) in [5, 5.41) is 8.87. The Labute approximate surface area is 257 Å². The molecule has 5 rings (SSSR count). The number of ketones is 2. The molecule has 7 heteroatoms. The molecule has 0 spiro atoms. The molecule has 3 aromatic rings. The van der Waals surface area contributed by atoms with E-state index in [9.17, 15) is 9.59 Å². The highest BCUT2D eigenvalue weighted by molar-refractivity contribution is 6.13. The molecular weight excluding hydrogens is 538 g/mol. The number of carbonyl (C=O) groups excluding carboxylic acids is 2. The van der Waals surface area contributed by atoms with Gasteiger partial charge in [0, 0.05) is 78.5 Å². The van der Waals surface area contributed by atoms with Crippen LogP contribution < -0.4 is 10.6 Å². The summed E-state index contributed by atoms with van der Waals surface area (Å²) in [6.45, 7) is 12.0. The van der Waals surface area contributed by atoms with E-state index in [1.54, 1.807) is 0 Å². The van der Waals surface area contributed by atoms with Gasteiger partial charge in [-0.05, 0) is 69.5 Å². The molecule has 0 aliphatic carbocycles. The van der Waals surface area contributed by atoms with Crippen LogP contribution >= 0.6 is 0 Å². The highest BCUT2D eigenvalue weighted by Crippen LogP contribution is 2.33. The van der Waals surface area contributed by atoms with Crippen molar-refractivity contribution in [2.75, 3.05) is 39.4 Å². The number of hydrogen-bond donors (Lipinski definition) is 2. The van der Waals surface area contributed by atoms with Crippen molar-refractivity contribution >= 4 is 33.4 Å². The molecule has 7 nitrogen and oxygen atoms in total. The topological polar surface area (TPSA) is 81.6 Å². The standard InChI is InChI=1S/C36H51N3O4/c1-4-5-6-7-8-9-20-39-31-12-10-27(33(40)14-16-35(2)25-37-18-21-42-35)23-29(31)30-24-28(11-13-32(30)39)34(41)15-17-36(3)26-38-19-22-43-36/h10-13,23-24,37-38H,4-9,14-22,25-26H2,1-3H3. The molecule has 2 aliphatic rings. The molecule has 2 fully saturated rings. The third-order valence-corrected chi connectivity index (χ3v) is 9.46. The lowest BCUT2D eigenvalue weighted by molar-refractivity contribution is -0.0575. The van der Waals surface area contributed by atoms with Crippen LogP contribution in [0.2, 0.25) is 0 Å². The quantitative estimate of drug-likeness (QED) is 0.149. The molecular formula is C36H51N3O4. The molecule has 0 saturated carbocycles. The van der Waals surface area contributed by atoms with Gasteiger partial charge in [0.15, 0.2) is 11.6 Å². The maximum atomic E-state index is 13.4. The molecule has 2 N–H and O–H groups in total. The van der Waals surface area contributed by atoms with Gasteiger partial charge in [-0.25, -0.2) is 0 Å². The monoisotopic (exact) mass is 589 g/mol. The molecule has 2 saturated heterocycles. The van der Waals surface area contributed by atoms with Gasteiger partial charge in [0.2, 0.25) is 0 Å². The van der Waals surface area contributed by atoms with Crippen LogP contribution in [0.4, 0.5) is 0 Å². The van der Waals surface area contributed by atoms with E-state index in [0.717, 1.165) is 72.1 Å². The van der Waals surface area contributed by atoms with Gasteiger partial charge < -0.3 is 24.7 Å². The Balaban J connectivity index is 1.39. The van der Waals surface area contributed by atoms with Crippen molar-refractivity contribution < 1.29 is 19.1 Å². The molecule has 2 unspecified atom stereocenters. The number of unbranched alkanes of at least 4 members (excludes halogenated alkanes) is 5. The number of hydrogen-bond acceptors (Lipinski definition) is 6. The first kappa shape index (κ1) is 31.8. The van der Waals surface area contributed by atoms with Gasteiger partial charge in [-0.15, -0.1) is 0 Å². The van der Waals surface area contributed by atoms with E-state index >= 15 is 0 Å². The number of morpholine rings is 2. The minimum atomic E-state index is -0.309. The van der Waals surface area contributed by atoms with Crippen molar-refractivity contribution in [3.05, 3.63) is 47.5 Å². The van der Waals surface area contributed by atoms with Gasteiger partial charge in [0.25, 0.3) is 0 Å². The number of fused-ring (bicyclic) bond motifs is 3. The molecule has 0 radical (unpaired) electrons. The SMILES string of the molecule is CCCCCCCCn1c2ccc(C(=O)CCC3(C)CNCCO3)cc2c2cc(C(=O)CCC3(C)CNCCO3)ccc21. The van der Waals surface area contributed by atoms with Gasteiger partial charge >= 0.3 is 0 Å². The second-order valence-corrected chi connectivity index (χ2v) is 13.2. The molecule has 0 amide bonds. The van der Waals surface area contributed by atoms with E-state index in [-0.39, 0.29) is 22.8 Å². The lowest BCUT2D eigenvalue weighted by atomic mass is 9.94. The normalized spacial score (nSPS) is 22.8. The van der Waals surface area contributed by atoms with E-state index in [0.29, 0.717) is 38.9 Å². The summed E-state index contributed by atoms with van der Waals surface area (Å²) < 4.78 is 14.4. The van der Waals surface area contributed by atoms with Gasteiger partial charge in [-0.2, -0.15) is 0 Å². The molecule has 1 aromatic heterocycles. The third kappa shape index (κ3) is 7.93. The number of nitrogens with zero attached hydrogens (tertiary/aromatic N) is 1. The van der Waals surface area contributed by atoms with Crippen LogP contribution in [0.3, 0.4) is 0 Å². The maximum absolute atomic E-state index is 13.4. The van der Waals surface area contributed by atoms with Crippen LogP contribution in [0, 0.1) is 0 Å². The zero-order valence-electron chi connectivity index (χ0n) is 26.6. The van der Waals surface area contributed by atoms with Crippen LogP contribution in [0.25, 0.3) is 21.8 Å². The fourth-order valence-corrected chi connectivity index (χ4v) is 6.65. The Hall–Kier alpha value is -2.58. The molecule has 3 heterocycles. The Morgan fingerprint density at radius 2 is 1.23 bits per heavy atom. The number of ether oxygens (including phenoxy) is 2. The molecule has 2 atom stereocenters. The van der Waals surface area contributed by atoms with Crippen molar-refractivity contribution in [1.29, 1.82) is 0 Å². The molecule has 0 bridgehead atoms. The third-order valence-electron chi connectivity index (χ3n) is 9.46. The number of aryl methyl sites for hydroxylation is 1. The summed E-state index contributed by atoms with van der Waals surface area (Å²) in [4.78, 5) is 26.8. The minimum Gasteiger partial charge on any atom is -0.373 e. The van der Waals surface area contributed by atoms with Crippen LogP contribution in [0.1, 0.15) is 106 Å². The molecule has 43 heavy (non-hydrogen) atoms. The fourth-order valence-electron chi connectivity index (χ4n) is 6.65. The maximum Gasteiger partial charge on any atom is 0.163 e. The number of benzene rings is 2. The van der Waals surface area contributed by atoms with Crippen LogP contribution in [0.5, 0.6) is 0 Å². The summed E-state index contributed by atoms with van der Waals surface area (Å²) >= 11 is 0. The van der Waals surface area contributed by atoms with Crippen LogP contribution in [0.15, 0.2) is 36.4 Å². The molecule has 2 aromatic carbocycles. The van der Waals surface area contributed by atoms with Crippen molar-refractivity contribution in [3.8, 4) is 0 Å². The van der Waals surface area contributed by atoms with Crippen molar-refractivity contribution in [3.63, 3.8) is 0 Å². The second-order valence-electron chi connectivity index (χ2n) is 13.2. The lowest BCUT2D eigenvalue weighted by Gasteiger charge is -2.34.